The molecule has 7 heteroatoms. The van der Waals surface area contributed by atoms with Crippen LogP contribution in [0.3, 0.4) is 0 Å². The molecule has 1 unspecified atom stereocenters. The molecular formula is C32H30Cl2N2O3. The van der Waals surface area contributed by atoms with Gasteiger partial charge in [-0.1, -0.05) is 102 Å². The third kappa shape index (κ3) is 8.09. The van der Waals surface area contributed by atoms with Gasteiger partial charge in [0.25, 0.3) is 0 Å². The van der Waals surface area contributed by atoms with E-state index in [1.165, 1.54) is 0 Å². The maximum atomic E-state index is 13.8. The lowest BCUT2D eigenvalue weighted by Gasteiger charge is -2.32. The molecule has 0 fully saturated rings. The molecule has 4 rings (SSSR count). The van der Waals surface area contributed by atoms with E-state index in [1.807, 2.05) is 84.9 Å². The number of hydrogen-bond acceptors (Lipinski definition) is 3. The first-order valence-corrected chi connectivity index (χ1v) is 13.4. The van der Waals surface area contributed by atoms with Crippen LogP contribution in [0.15, 0.2) is 103 Å². The summed E-state index contributed by atoms with van der Waals surface area (Å²) in [7, 11) is 1.61. The van der Waals surface area contributed by atoms with Gasteiger partial charge in [0, 0.05) is 29.6 Å². The number of ether oxygens (including phenoxy) is 1. The van der Waals surface area contributed by atoms with Crippen molar-refractivity contribution in [2.75, 3.05) is 7.11 Å². The number of amides is 2. The Labute approximate surface area is 239 Å². The maximum absolute atomic E-state index is 13.8. The van der Waals surface area contributed by atoms with Crippen LogP contribution in [0.25, 0.3) is 0 Å². The largest absolute Gasteiger partial charge is 0.497 e. The van der Waals surface area contributed by atoms with Crippen LogP contribution < -0.4 is 10.1 Å². The van der Waals surface area contributed by atoms with Crippen LogP contribution in [0, 0.1) is 0 Å². The van der Waals surface area contributed by atoms with Gasteiger partial charge in [0.15, 0.2) is 0 Å². The number of halogens is 2. The molecule has 2 amide bonds. The zero-order chi connectivity index (χ0) is 27.6. The van der Waals surface area contributed by atoms with E-state index in [9.17, 15) is 9.59 Å². The molecule has 39 heavy (non-hydrogen) atoms. The van der Waals surface area contributed by atoms with Gasteiger partial charge in [-0.15, -0.1) is 0 Å². The van der Waals surface area contributed by atoms with Crippen LogP contribution in [0.1, 0.15) is 22.3 Å². The Morgan fingerprint density at radius 1 is 0.821 bits per heavy atom. The first-order chi connectivity index (χ1) is 18.9. The standard InChI is InChI=1S/C32H30Cl2N2O3/c1-39-28-16-12-25(13-17-28)22-36(31(37)19-24-10-6-3-7-11-24)30(18-23-8-4-2-5-9-23)32(38)35-21-26-14-15-27(33)20-29(26)34/h2-17,20,30H,18-19,21-22H2,1H3,(H,35,38). The quantitative estimate of drug-likeness (QED) is 0.228. The number of carbonyl (C=O) groups is 2. The predicted octanol–water partition coefficient (Wildman–Crippen LogP) is 6.50. The van der Waals surface area contributed by atoms with E-state index in [0.717, 1.165) is 28.0 Å². The summed E-state index contributed by atoms with van der Waals surface area (Å²) in [5, 5.41) is 3.99. The lowest BCUT2D eigenvalue weighted by molar-refractivity contribution is -0.140. The first-order valence-electron chi connectivity index (χ1n) is 12.6. The minimum atomic E-state index is -0.753. The van der Waals surface area contributed by atoms with Crippen LogP contribution in [0.4, 0.5) is 0 Å². The second-order valence-electron chi connectivity index (χ2n) is 9.19. The molecule has 0 heterocycles. The molecule has 4 aromatic carbocycles. The van der Waals surface area contributed by atoms with Crippen LogP contribution in [0.5, 0.6) is 5.75 Å². The fraction of sp³-hybridized carbons (Fsp3) is 0.188. The number of carbonyl (C=O) groups excluding carboxylic acids is 2. The first kappa shape index (κ1) is 28.2. The summed E-state index contributed by atoms with van der Waals surface area (Å²) in [6, 6.07) is 31.2. The highest BCUT2D eigenvalue weighted by Crippen LogP contribution is 2.22. The van der Waals surface area contributed by atoms with Crippen LogP contribution >= 0.6 is 23.2 Å². The molecule has 200 valence electrons. The summed E-state index contributed by atoms with van der Waals surface area (Å²) in [5.41, 5.74) is 3.47. The number of benzene rings is 4. The summed E-state index contributed by atoms with van der Waals surface area (Å²) >= 11 is 12.4. The number of nitrogens with one attached hydrogen (secondary N) is 1. The molecule has 0 aliphatic rings. The van der Waals surface area contributed by atoms with Gasteiger partial charge in [0.05, 0.1) is 13.5 Å². The van der Waals surface area contributed by atoms with Gasteiger partial charge in [-0.05, 0) is 46.5 Å². The maximum Gasteiger partial charge on any atom is 0.243 e. The molecule has 0 bridgehead atoms. The third-order valence-electron chi connectivity index (χ3n) is 6.45. The van der Waals surface area contributed by atoms with Crippen LogP contribution in [-0.4, -0.2) is 29.9 Å². The Balaban J connectivity index is 1.65. The Morgan fingerprint density at radius 3 is 2.08 bits per heavy atom. The molecule has 0 aliphatic heterocycles. The Hall–Kier alpha value is -3.80. The molecule has 0 radical (unpaired) electrons. The molecule has 0 saturated heterocycles. The molecule has 0 saturated carbocycles. The fourth-order valence-corrected chi connectivity index (χ4v) is 4.79. The summed E-state index contributed by atoms with van der Waals surface area (Å²) in [5.74, 6) is 0.316. The van der Waals surface area contributed by atoms with Gasteiger partial charge in [-0.3, -0.25) is 9.59 Å². The summed E-state index contributed by atoms with van der Waals surface area (Å²) in [6.07, 6.45) is 0.538. The van der Waals surface area contributed by atoms with Gasteiger partial charge >= 0.3 is 0 Å². The second-order valence-corrected chi connectivity index (χ2v) is 10.0. The van der Waals surface area contributed by atoms with E-state index < -0.39 is 6.04 Å². The highest BCUT2D eigenvalue weighted by molar-refractivity contribution is 6.35. The summed E-state index contributed by atoms with van der Waals surface area (Å²) in [6.45, 7) is 0.478. The SMILES string of the molecule is COc1ccc(CN(C(=O)Cc2ccccc2)C(Cc2ccccc2)C(=O)NCc2ccc(Cl)cc2Cl)cc1. The smallest absolute Gasteiger partial charge is 0.243 e. The van der Waals surface area contributed by atoms with Crippen molar-refractivity contribution in [3.8, 4) is 5.75 Å². The number of nitrogens with zero attached hydrogens (tertiary/aromatic N) is 1. The number of hydrogen-bond donors (Lipinski definition) is 1. The van der Waals surface area contributed by atoms with Crippen molar-refractivity contribution < 1.29 is 14.3 Å². The van der Waals surface area contributed by atoms with E-state index in [-0.39, 0.29) is 31.3 Å². The predicted molar refractivity (Wildman–Crippen MR) is 156 cm³/mol. The summed E-state index contributed by atoms with van der Waals surface area (Å²) < 4.78 is 5.29. The van der Waals surface area contributed by atoms with E-state index >= 15 is 0 Å². The molecule has 0 aliphatic carbocycles. The van der Waals surface area contributed by atoms with Crippen molar-refractivity contribution >= 4 is 35.0 Å². The summed E-state index contributed by atoms with van der Waals surface area (Å²) in [4.78, 5) is 29.3. The Kier molecular flexibility index (Phi) is 10.0. The van der Waals surface area contributed by atoms with Crippen molar-refractivity contribution in [3.05, 3.63) is 135 Å². The van der Waals surface area contributed by atoms with E-state index in [4.69, 9.17) is 27.9 Å². The second kappa shape index (κ2) is 13.8. The van der Waals surface area contributed by atoms with Gasteiger partial charge in [-0.25, -0.2) is 0 Å². The molecule has 1 N–H and O–H groups in total. The zero-order valence-corrected chi connectivity index (χ0v) is 23.2. The van der Waals surface area contributed by atoms with Gasteiger partial charge in [0.1, 0.15) is 11.8 Å². The molecular weight excluding hydrogens is 531 g/mol. The highest BCUT2D eigenvalue weighted by Gasteiger charge is 2.30. The fourth-order valence-electron chi connectivity index (χ4n) is 4.32. The van der Waals surface area contributed by atoms with E-state index in [0.29, 0.717) is 16.5 Å². The monoisotopic (exact) mass is 560 g/mol. The lowest BCUT2D eigenvalue weighted by atomic mass is 10.0. The number of methoxy groups -OCH3 is 1. The molecule has 1 atom stereocenters. The van der Waals surface area contributed by atoms with E-state index in [2.05, 4.69) is 5.32 Å². The van der Waals surface area contributed by atoms with Crippen LogP contribution in [0.2, 0.25) is 10.0 Å². The third-order valence-corrected chi connectivity index (χ3v) is 7.04. The molecule has 0 aromatic heterocycles. The lowest BCUT2D eigenvalue weighted by Crippen LogP contribution is -2.50. The van der Waals surface area contributed by atoms with Crippen LogP contribution in [-0.2, 0) is 35.5 Å². The Morgan fingerprint density at radius 2 is 1.46 bits per heavy atom. The Bertz CT molecular complexity index is 1380. The highest BCUT2D eigenvalue weighted by atomic mass is 35.5. The van der Waals surface area contributed by atoms with Gasteiger partial charge in [-0.2, -0.15) is 0 Å². The molecule has 5 nitrogen and oxygen atoms in total. The van der Waals surface area contributed by atoms with Crippen molar-refractivity contribution in [1.82, 2.24) is 10.2 Å². The van der Waals surface area contributed by atoms with Crippen molar-refractivity contribution in [1.29, 1.82) is 0 Å². The minimum absolute atomic E-state index is 0.141. The molecule has 0 spiro atoms. The van der Waals surface area contributed by atoms with Gasteiger partial charge in [0.2, 0.25) is 11.8 Å². The average Bonchev–Trinajstić information content (AvgIpc) is 2.95. The minimum Gasteiger partial charge on any atom is -0.497 e. The zero-order valence-electron chi connectivity index (χ0n) is 21.6. The van der Waals surface area contributed by atoms with Crippen molar-refractivity contribution in [2.24, 2.45) is 0 Å². The topological polar surface area (TPSA) is 58.6 Å². The normalized spacial score (nSPS) is 11.5. The van der Waals surface area contributed by atoms with Gasteiger partial charge < -0.3 is 15.0 Å². The van der Waals surface area contributed by atoms with Crippen molar-refractivity contribution in [3.63, 3.8) is 0 Å². The average molecular weight is 562 g/mol. The van der Waals surface area contributed by atoms with Crippen molar-refractivity contribution in [2.45, 2.75) is 32.0 Å². The van der Waals surface area contributed by atoms with E-state index in [1.54, 1.807) is 30.2 Å². The molecule has 4 aromatic rings. The number of rotatable bonds is 11.